The van der Waals surface area contributed by atoms with Crippen LogP contribution in [-0.2, 0) is 27.4 Å². The van der Waals surface area contributed by atoms with E-state index in [1.165, 1.54) is 32.1 Å². The molecule has 5 rings (SSSR count). The number of fused-ring (bicyclic) bond motifs is 1. The number of carbonyl (C=O) groups excluding carboxylic acids is 2. The Morgan fingerprint density at radius 2 is 1.83 bits per heavy atom. The number of anilines is 2. The van der Waals surface area contributed by atoms with E-state index in [0.717, 1.165) is 87.3 Å². The van der Waals surface area contributed by atoms with Crippen molar-refractivity contribution >= 4 is 46.1 Å². The molecule has 0 spiro atoms. The number of unbranched alkanes of at least 4 members (excludes halogenated alkanes) is 1. The van der Waals surface area contributed by atoms with E-state index in [2.05, 4.69) is 31.6 Å². The molecule has 1 aliphatic carbocycles. The van der Waals surface area contributed by atoms with E-state index < -0.39 is 12.0 Å². The van der Waals surface area contributed by atoms with Gasteiger partial charge in [0.15, 0.2) is 0 Å². The molecule has 6 N–H and O–H groups in total. The molecular formula is C37H58ClN11O3. The second-order valence-electron chi connectivity index (χ2n) is 14.1. The maximum absolute atomic E-state index is 12.9. The molecule has 15 heteroatoms. The number of hydrogen-bond acceptors (Lipinski definition) is 12. The summed E-state index contributed by atoms with van der Waals surface area (Å²) in [5, 5.41) is 24.3. The quantitative estimate of drug-likeness (QED) is 0.0757. The molecule has 1 aromatic carbocycles. The molecule has 52 heavy (non-hydrogen) atoms. The normalized spacial score (nSPS) is 16.2. The van der Waals surface area contributed by atoms with Gasteiger partial charge >= 0.3 is 5.97 Å². The predicted octanol–water partition coefficient (Wildman–Crippen LogP) is 4.63. The van der Waals surface area contributed by atoms with E-state index in [-0.39, 0.29) is 24.8 Å². The molecule has 0 bridgehead atoms. The van der Waals surface area contributed by atoms with Gasteiger partial charge in [-0.15, -0.1) is 5.10 Å². The average Bonchev–Trinajstić information content (AvgIpc) is 3.62. The first-order valence-electron chi connectivity index (χ1n) is 19.4. The third-order valence-corrected chi connectivity index (χ3v) is 10.1. The maximum Gasteiger partial charge on any atom is 0.322 e. The van der Waals surface area contributed by atoms with Gasteiger partial charge in [-0.2, -0.15) is 4.98 Å². The molecule has 1 saturated carbocycles. The van der Waals surface area contributed by atoms with E-state index in [0.29, 0.717) is 43.0 Å². The summed E-state index contributed by atoms with van der Waals surface area (Å²) in [7, 11) is 0. The van der Waals surface area contributed by atoms with Gasteiger partial charge in [-0.05, 0) is 89.2 Å². The van der Waals surface area contributed by atoms with Crippen molar-refractivity contribution in [3.63, 3.8) is 0 Å². The zero-order chi connectivity index (χ0) is 36.5. The van der Waals surface area contributed by atoms with Crippen molar-refractivity contribution in [2.24, 2.45) is 5.73 Å². The maximum atomic E-state index is 12.9. The number of piperidine rings is 1. The fourth-order valence-electron chi connectivity index (χ4n) is 6.75. The molecule has 2 fully saturated rings. The number of amides is 1. The second kappa shape index (κ2) is 21.2. The highest BCUT2D eigenvalue weighted by Gasteiger charge is 2.25. The van der Waals surface area contributed by atoms with E-state index in [4.69, 9.17) is 32.0 Å². The fourth-order valence-corrected chi connectivity index (χ4v) is 6.92. The molecule has 0 unspecified atom stereocenters. The molecule has 0 radical (unpaired) electrons. The predicted molar refractivity (Wildman–Crippen MR) is 205 cm³/mol. The Labute approximate surface area is 312 Å². The van der Waals surface area contributed by atoms with Crippen molar-refractivity contribution in [2.75, 3.05) is 50.0 Å². The monoisotopic (exact) mass is 739 g/mol. The zero-order valence-corrected chi connectivity index (χ0v) is 31.5. The Hall–Kier alpha value is -3.59. The first-order valence-corrected chi connectivity index (χ1v) is 19.8. The molecule has 1 amide bonds. The van der Waals surface area contributed by atoms with Gasteiger partial charge in [0.2, 0.25) is 11.9 Å². The smallest absolute Gasteiger partial charge is 0.322 e. The number of nitrogens with two attached hydrogens (primary N) is 1. The van der Waals surface area contributed by atoms with Crippen LogP contribution < -0.4 is 27.0 Å². The first-order chi connectivity index (χ1) is 25.4. The molecule has 286 valence electrons. The number of benzene rings is 1. The minimum Gasteiger partial charge on any atom is -0.465 e. The van der Waals surface area contributed by atoms with Crippen molar-refractivity contribution in [1.29, 1.82) is 0 Å². The van der Waals surface area contributed by atoms with Gasteiger partial charge in [-0.1, -0.05) is 49.4 Å². The van der Waals surface area contributed by atoms with Crippen LogP contribution in [0.1, 0.15) is 96.1 Å². The minimum absolute atomic E-state index is 0.00507. The highest BCUT2D eigenvalue weighted by molar-refractivity contribution is 6.31. The van der Waals surface area contributed by atoms with Crippen molar-refractivity contribution in [3.8, 4) is 0 Å². The third kappa shape index (κ3) is 12.8. The van der Waals surface area contributed by atoms with Gasteiger partial charge in [-0.25, -0.2) is 4.98 Å². The minimum atomic E-state index is -0.782. The standard InChI is InChI=1S/C37H58ClN11O3/c1-2-3-23-52-36(51)32(39)13-14-34(50)48-21-15-29(16-22-48)43-35-31-12-11-27(38)24-33(31)44-37(45-35)42-25-30-26-49(47-46-30)20-8-18-40-17-7-19-41-28-9-5-4-6-10-28/h11-12,24,26,28-29,32,40-41H,2-10,13-23,25,39H2,1H3,(H2,42,43,44,45)/t32-/m0/s1. The second-order valence-corrected chi connectivity index (χ2v) is 14.5. The molecular weight excluding hydrogens is 682 g/mol. The lowest BCUT2D eigenvalue weighted by Crippen LogP contribution is -2.43. The Balaban J connectivity index is 1.04. The summed E-state index contributed by atoms with van der Waals surface area (Å²) in [4.78, 5) is 36.3. The fraction of sp³-hybridized carbons (Fsp3) is 0.676. The number of carbonyl (C=O) groups is 2. The van der Waals surface area contributed by atoms with Gasteiger partial charge in [0.25, 0.3) is 0 Å². The van der Waals surface area contributed by atoms with E-state index in [1.54, 1.807) is 0 Å². The Morgan fingerprint density at radius 3 is 2.63 bits per heavy atom. The van der Waals surface area contributed by atoms with Crippen LogP contribution in [-0.4, -0.2) is 99.2 Å². The number of likely N-dealkylation sites (tertiary alicyclic amines) is 1. The summed E-state index contributed by atoms with van der Waals surface area (Å²) in [6.07, 6.45) is 14.6. The van der Waals surface area contributed by atoms with Crippen LogP contribution in [0.3, 0.4) is 0 Å². The summed E-state index contributed by atoms with van der Waals surface area (Å²) < 4.78 is 7.07. The molecule has 14 nitrogen and oxygen atoms in total. The van der Waals surface area contributed by atoms with Crippen LogP contribution in [0.15, 0.2) is 24.4 Å². The van der Waals surface area contributed by atoms with Crippen LogP contribution >= 0.6 is 11.6 Å². The number of halogens is 1. The number of ether oxygens (including phenoxy) is 1. The van der Waals surface area contributed by atoms with E-state index in [9.17, 15) is 9.59 Å². The summed E-state index contributed by atoms with van der Waals surface area (Å²) in [5.74, 6) is 0.740. The first kappa shape index (κ1) is 39.6. The van der Waals surface area contributed by atoms with Crippen LogP contribution in [0.2, 0.25) is 5.02 Å². The molecule has 3 aromatic rings. The highest BCUT2D eigenvalue weighted by Crippen LogP contribution is 2.27. The highest BCUT2D eigenvalue weighted by atomic mass is 35.5. The topological polar surface area (TPSA) is 177 Å². The van der Waals surface area contributed by atoms with Crippen molar-refractivity contribution < 1.29 is 14.3 Å². The van der Waals surface area contributed by atoms with Crippen LogP contribution in [0.4, 0.5) is 11.8 Å². The number of esters is 1. The average molecular weight is 740 g/mol. The lowest BCUT2D eigenvalue weighted by Gasteiger charge is -2.33. The lowest BCUT2D eigenvalue weighted by molar-refractivity contribution is -0.145. The summed E-state index contributed by atoms with van der Waals surface area (Å²) in [6.45, 7) is 7.89. The molecule has 1 saturated heterocycles. The van der Waals surface area contributed by atoms with Gasteiger partial charge in [0.05, 0.1) is 24.9 Å². The van der Waals surface area contributed by atoms with E-state index >= 15 is 0 Å². The Morgan fingerprint density at radius 1 is 1.02 bits per heavy atom. The van der Waals surface area contributed by atoms with Crippen molar-refractivity contribution in [1.82, 2.24) is 40.5 Å². The van der Waals surface area contributed by atoms with Gasteiger partial charge < -0.3 is 36.6 Å². The van der Waals surface area contributed by atoms with Crippen molar-refractivity contribution in [2.45, 2.75) is 122 Å². The SMILES string of the molecule is CCCCOC(=O)[C@@H](N)CCC(=O)N1CCC(Nc2nc(NCc3cn(CCCNCCCNC4CCCCC4)nn3)nc3cc(Cl)ccc23)CC1. The van der Waals surface area contributed by atoms with Gasteiger partial charge in [0, 0.05) is 48.5 Å². The Kier molecular flexibility index (Phi) is 16.1. The summed E-state index contributed by atoms with van der Waals surface area (Å²) >= 11 is 6.34. The lowest BCUT2D eigenvalue weighted by atomic mass is 9.95. The Bertz CT molecular complexity index is 1540. The van der Waals surface area contributed by atoms with Crippen molar-refractivity contribution in [3.05, 3.63) is 35.1 Å². The summed E-state index contributed by atoms with van der Waals surface area (Å²) in [5.41, 5.74) is 7.50. The molecule has 1 aliphatic heterocycles. The summed E-state index contributed by atoms with van der Waals surface area (Å²) in [6, 6.07) is 5.65. The molecule has 2 aromatic heterocycles. The molecule has 3 heterocycles. The van der Waals surface area contributed by atoms with Crippen LogP contribution in [0.5, 0.6) is 0 Å². The van der Waals surface area contributed by atoms with Gasteiger partial charge in [0.1, 0.15) is 17.6 Å². The molecule has 1 atom stereocenters. The number of aromatic nitrogens is 5. The third-order valence-electron chi connectivity index (χ3n) is 9.88. The molecule has 2 aliphatic rings. The van der Waals surface area contributed by atoms with Gasteiger partial charge in [-0.3, -0.25) is 14.3 Å². The number of nitrogens with zero attached hydrogens (tertiary/aromatic N) is 6. The number of aryl methyl sites for hydroxylation is 1. The van der Waals surface area contributed by atoms with Crippen LogP contribution in [0, 0.1) is 0 Å². The van der Waals surface area contributed by atoms with Crippen LogP contribution in [0.25, 0.3) is 10.9 Å². The zero-order valence-electron chi connectivity index (χ0n) is 30.8. The number of nitrogens with one attached hydrogen (secondary N) is 4. The number of rotatable bonds is 21. The van der Waals surface area contributed by atoms with E-state index in [1.807, 2.05) is 40.9 Å². The number of hydrogen-bond donors (Lipinski definition) is 5. The largest absolute Gasteiger partial charge is 0.465 e.